The number of hydrogen-bond donors (Lipinski definition) is 0. The molecule has 0 amide bonds. The summed E-state index contributed by atoms with van der Waals surface area (Å²) in [5, 5.41) is 9.40. The summed E-state index contributed by atoms with van der Waals surface area (Å²) in [5.41, 5.74) is 1.06. The molecule has 3 aliphatic rings. The Morgan fingerprint density at radius 2 is 2.13 bits per heavy atom. The molecule has 0 unspecified atom stereocenters. The standard InChI is InChI=1S/C17H20N2O3S/c1-12-4-2-5-16(13(12)8-18)23(20,21)19-11-17(6-3-7-17)14-9-22-10-15(14)19/h2,4-5,14-15H,3,6-7,9-11H2,1H3/t14-,15-/m1/s1. The van der Waals surface area contributed by atoms with Crippen LogP contribution in [-0.4, -0.2) is 38.5 Å². The lowest BCUT2D eigenvalue weighted by molar-refractivity contribution is 0.0601. The maximum absolute atomic E-state index is 13.3. The van der Waals surface area contributed by atoms with Crippen molar-refractivity contribution in [1.82, 2.24) is 4.31 Å². The number of hydrogen-bond acceptors (Lipinski definition) is 4. The van der Waals surface area contributed by atoms with Gasteiger partial charge in [0.15, 0.2) is 0 Å². The molecule has 1 aromatic carbocycles. The van der Waals surface area contributed by atoms with Crippen molar-refractivity contribution in [3.8, 4) is 6.07 Å². The fourth-order valence-electron chi connectivity index (χ4n) is 4.51. The van der Waals surface area contributed by atoms with Crippen LogP contribution in [0.5, 0.6) is 0 Å². The molecule has 2 atom stereocenters. The van der Waals surface area contributed by atoms with Gasteiger partial charge >= 0.3 is 0 Å². The number of benzene rings is 1. The molecule has 23 heavy (non-hydrogen) atoms. The first-order valence-electron chi connectivity index (χ1n) is 8.09. The predicted octanol–water partition coefficient (Wildman–Crippen LogP) is 2.06. The van der Waals surface area contributed by atoms with Gasteiger partial charge < -0.3 is 4.74 Å². The molecule has 0 radical (unpaired) electrons. The highest BCUT2D eigenvalue weighted by Crippen LogP contribution is 2.56. The molecule has 2 aliphatic heterocycles. The van der Waals surface area contributed by atoms with E-state index < -0.39 is 10.0 Å². The fraction of sp³-hybridized carbons (Fsp3) is 0.588. The van der Waals surface area contributed by atoms with Gasteiger partial charge in [0.1, 0.15) is 11.0 Å². The number of ether oxygens (including phenoxy) is 1. The molecular formula is C17H20N2O3S. The maximum Gasteiger partial charge on any atom is 0.244 e. The molecule has 3 fully saturated rings. The smallest absolute Gasteiger partial charge is 0.244 e. The minimum Gasteiger partial charge on any atom is -0.379 e. The molecule has 0 N–H and O–H groups in total. The molecule has 4 rings (SSSR count). The summed E-state index contributed by atoms with van der Waals surface area (Å²) in [6, 6.07) is 7.02. The highest BCUT2D eigenvalue weighted by atomic mass is 32.2. The van der Waals surface area contributed by atoms with Crippen molar-refractivity contribution < 1.29 is 13.2 Å². The van der Waals surface area contributed by atoms with Gasteiger partial charge in [-0.25, -0.2) is 8.42 Å². The molecule has 1 aliphatic carbocycles. The van der Waals surface area contributed by atoms with Crippen LogP contribution in [0.4, 0.5) is 0 Å². The van der Waals surface area contributed by atoms with Gasteiger partial charge in [-0.15, -0.1) is 0 Å². The summed E-state index contributed by atoms with van der Waals surface area (Å²) >= 11 is 0. The van der Waals surface area contributed by atoms with Crippen LogP contribution in [0.2, 0.25) is 0 Å². The van der Waals surface area contributed by atoms with Crippen LogP contribution < -0.4 is 0 Å². The first-order valence-corrected chi connectivity index (χ1v) is 9.53. The Morgan fingerprint density at radius 3 is 2.78 bits per heavy atom. The average Bonchev–Trinajstić information content (AvgIpc) is 3.06. The Labute approximate surface area is 136 Å². The molecule has 2 heterocycles. The van der Waals surface area contributed by atoms with Crippen molar-refractivity contribution in [3.05, 3.63) is 29.3 Å². The summed E-state index contributed by atoms with van der Waals surface area (Å²) in [6.45, 7) is 3.48. The lowest BCUT2D eigenvalue weighted by Crippen LogP contribution is -2.40. The number of nitrogens with zero attached hydrogens (tertiary/aromatic N) is 2. The molecule has 1 saturated carbocycles. The first-order chi connectivity index (χ1) is 11.0. The van der Waals surface area contributed by atoms with E-state index in [0.717, 1.165) is 12.8 Å². The second kappa shape index (κ2) is 5.04. The Kier molecular flexibility index (Phi) is 3.31. The normalized spacial score (nSPS) is 29.2. The van der Waals surface area contributed by atoms with E-state index in [2.05, 4.69) is 6.07 Å². The van der Waals surface area contributed by atoms with E-state index in [1.54, 1.807) is 29.4 Å². The van der Waals surface area contributed by atoms with Crippen molar-refractivity contribution in [1.29, 1.82) is 5.26 Å². The summed E-state index contributed by atoms with van der Waals surface area (Å²) in [7, 11) is -3.67. The second-order valence-corrected chi connectivity index (χ2v) is 8.90. The van der Waals surface area contributed by atoms with Gasteiger partial charge in [0, 0.05) is 12.5 Å². The van der Waals surface area contributed by atoms with E-state index in [4.69, 9.17) is 4.74 Å². The van der Waals surface area contributed by atoms with Crippen molar-refractivity contribution in [2.24, 2.45) is 11.3 Å². The van der Waals surface area contributed by atoms with E-state index in [-0.39, 0.29) is 21.9 Å². The number of sulfonamides is 1. The SMILES string of the molecule is Cc1cccc(S(=O)(=O)N2CC3(CCC3)[C@@H]3COC[C@H]32)c1C#N. The monoisotopic (exact) mass is 332 g/mol. The summed E-state index contributed by atoms with van der Waals surface area (Å²) < 4.78 is 33.7. The van der Waals surface area contributed by atoms with E-state index >= 15 is 0 Å². The largest absolute Gasteiger partial charge is 0.379 e. The highest BCUT2D eigenvalue weighted by molar-refractivity contribution is 7.89. The highest BCUT2D eigenvalue weighted by Gasteiger charge is 2.60. The van der Waals surface area contributed by atoms with Crippen LogP contribution in [0.1, 0.15) is 30.4 Å². The van der Waals surface area contributed by atoms with Gasteiger partial charge in [0.2, 0.25) is 10.0 Å². The summed E-state index contributed by atoms with van der Waals surface area (Å²) in [4.78, 5) is 0.141. The third kappa shape index (κ3) is 2.00. The average molecular weight is 332 g/mol. The second-order valence-electron chi connectivity index (χ2n) is 7.04. The fourth-order valence-corrected chi connectivity index (χ4v) is 6.46. The summed E-state index contributed by atoms with van der Waals surface area (Å²) in [6.07, 6.45) is 3.34. The Morgan fingerprint density at radius 1 is 1.35 bits per heavy atom. The Balaban J connectivity index is 1.78. The zero-order valence-electron chi connectivity index (χ0n) is 13.2. The van der Waals surface area contributed by atoms with E-state index in [0.29, 0.717) is 31.2 Å². The third-order valence-electron chi connectivity index (χ3n) is 5.96. The zero-order chi connectivity index (χ0) is 16.2. The van der Waals surface area contributed by atoms with Crippen molar-refractivity contribution in [3.63, 3.8) is 0 Å². The Hall–Kier alpha value is -1.42. The quantitative estimate of drug-likeness (QED) is 0.831. The number of aryl methyl sites for hydroxylation is 1. The molecule has 0 bridgehead atoms. The van der Waals surface area contributed by atoms with E-state index in [1.165, 1.54) is 6.42 Å². The molecule has 2 saturated heterocycles. The third-order valence-corrected chi connectivity index (χ3v) is 7.87. The molecule has 1 aromatic rings. The minimum absolute atomic E-state index is 0.0765. The lowest BCUT2D eigenvalue weighted by atomic mass is 9.62. The van der Waals surface area contributed by atoms with Gasteiger partial charge in [-0.2, -0.15) is 9.57 Å². The van der Waals surface area contributed by atoms with Gasteiger partial charge in [-0.3, -0.25) is 0 Å². The minimum atomic E-state index is -3.67. The van der Waals surface area contributed by atoms with Crippen molar-refractivity contribution in [2.45, 2.75) is 37.1 Å². The molecule has 6 heteroatoms. The van der Waals surface area contributed by atoms with Crippen LogP contribution in [0.15, 0.2) is 23.1 Å². The molecule has 5 nitrogen and oxygen atoms in total. The molecule has 0 aromatic heterocycles. The van der Waals surface area contributed by atoms with Crippen LogP contribution in [-0.2, 0) is 14.8 Å². The number of nitriles is 1. The molecule has 1 spiro atoms. The maximum atomic E-state index is 13.3. The van der Waals surface area contributed by atoms with Gasteiger partial charge in [-0.1, -0.05) is 18.6 Å². The van der Waals surface area contributed by atoms with Gasteiger partial charge in [-0.05, 0) is 36.8 Å². The van der Waals surface area contributed by atoms with E-state index in [9.17, 15) is 13.7 Å². The van der Waals surface area contributed by atoms with Crippen LogP contribution in [0.25, 0.3) is 0 Å². The Bertz CT molecular complexity index is 793. The van der Waals surface area contributed by atoms with Crippen LogP contribution >= 0.6 is 0 Å². The van der Waals surface area contributed by atoms with Gasteiger partial charge in [0.05, 0.1) is 24.8 Å². The van der Waals surface area contributed by atoms with Crippen LogP contribution in [0.3, 0.4) is 0 Å². The lowest BCUT2D eigenvalue weighted by Gasteiger charge is -2.42. The van der Waals surface area contributed by atoms with Gasteiger partial charge in [0.25, 0.3) is 0 Å². The molecular weight excluding hydrogens is 312 g/mol. The number of rotatable bonds is 2. The molecule has 122 valence electrons. The first kappa shape index (κ1) is 15.1. The van der Waals surface area contributed by atoms with Crippen molar-refractivity contribution >= 4 is 10.0 Å². The van der Waals surface area contributed by atoms with E-state index in [1.807, 2.05) is 0 Å². The topological polar surface area (TPSA) is 70.4 Å². The van der Waals surface area contributed by atoms with Crippen molar-refractivity contribution in [2.75, 3.05) is 19.8 Å². The number of fused-ring (bicyclic) bond motifs is 2. The summed E-state index contributed by atoms with van der Waals surface area (Å²) in [5.74, 6) is 0.307. The van der Waals surface area contributed by atoms with Crippen LogP contribution in [0, 0.1) is 29.6 Å². The predicted molar refractivity (Wildman–Crippen MR) is 84.2 cm³/mol. The zero-order valence-corrected chi connectivity index (χ0v) is 14.0.